The highest BCUT2D eigenvalue weighted by Crippen LogP contribution is 2.12. The number of aromatic nitrogens is 8. The van der Waals surface area contributed by atoms with Crippen molar-refractivity contribution < 1.29 is 0 Å². The Bertz CT molecular complexity index is 1230. The van der Waals surface area contributed by atoms with Crippen LogP contribution in [0.25, 0.3) is 11.6 Å². The van der Waals surface area contributed by atoms with Crippen molar-refractivity contribution in [1.82, 2.24) is 39.7 Å². The molecule has 0 spiro atoms. The molecule has 0 unspecified atom stereocenters. The number of rotatable bonds is 5. The Hall–Kier alpha value is -4.58. The zero-order chi connectivity index (χ0) is 21.3. The molecular formula is C22H19N9. The van der Waals surface area contributed by atoms with Gasteiger partial charge in [-0.1, -0.05) is 60.7 Å². The van der Waals surface area contributed by atoms with E-state index in [2.05, 4.69) is 42.7 Å². The van der Waals surface area contributed by atoms with E-state index in [-0.39, 0.29) is 0 Å². The van der Waals surface area contributed by atoms with Crippen LogP contribution in [-0.4, -0.2) is 39.7 Å². The molecule has 0 atom stereocenters. The van der Waals surface area contributed by atoms with E-state index >= 15 is 0 Å². The standard InChI is InChI=1S/C11H10N6.C11H9N3/c1-2-4-9(5-3-1)8-17-7-6-12-11(17)10-13-15-16-14-10;12-8-11-13-6-7-14(11)9-10-4-2-1-3-5-10/h1-7H,8H2,(H,13,14,15,16);1-7H,9H2. The minimum atomic E-state index is 0.453. The normalized spacial score (nSPS) is 10.2. The van der Waals surface area contributed by atoms with Crippen LogP contribution >= 0.6 is 0 Å². The quantitative estimate of drug-likeness (QED) is 0.477. The summed E-state index contributed by atoms with van der Waals surface area (Å²) in [6.07, 6.45) is 7.08. The Morgan fingerprint density at radius 1 is 0.806 bits per heavy atom. The number of hydrogen-bond donors (Lipinski definition) is 1. The molecule has 3 heterocycles. The molecule has 5 aromatic rings. The number of imidazole rings is 2. The zero-order valence-corrected chi connectivity index (χ0v) is 16.6. The maximum atomic E-state index is 8.75. The van der Waals surface area contributed by atoms with Gasteiger partial charge in [-0.25, -0.2) is 9.97 Å². The van der Waals surface area contributed by atoms with E-state index in [0.717, 1.165) is 6.54 Å². The Labute approximate surface area is 178 Å². The van der Waals surface area contributed by atoms with Crippen molar-refractivity contribution in [3.63, 3.8) is 0 Å². The molecule has 1 N–H and O–H groups in total. The fourth-order valence-corrected chi connectivity index (χ4v) is 3.01. The van der Waals surface area contributed by atoms with E-state index in [9.17, 15) is 0 Å². The molecule has 31 heavy (non-hydrogen) atoms. The fourth-order valence-electron chi connectivity index (χ4n) is 3.01. The summed E-state index contributed by atoms with van der Waals surface area (Å²) in [6.45, 7) is 1.44. The van der Waals surface area contributed by atoms with Crippen LogP contribution in [0.5, 0.6) is 0 Å². The van der Waals surface area contributed by atoms with E-state index in [4.69, 9.17) is 5.26 Å². The lowest BCUT2D eigenvalue weighted by molar-refractivity contribution is 0.782. The van der Waals surface area contributed by atoms with Crippen LogP contribution in [0.4, 0.5) is 0 Å². The number of hydrogen-bond acceptors (Lipinski definition) is 6. The van der Waals surface area contributed by atoms with Crippen LogP contribution in [0.2, 0.25) is 0 Å². The third-order valence-corrected chi connectivity index (χ3v) is 4.47. The lowest BCUT2D eigenvalue weighted by Crippen LogP contribution is -2.01. The Kier molecular flexibility index (Phi) is 6.21. The summed E-state index contributed by atoms with van der Waals surface area (Å²) >= 11 is 0. The second-order valence-corrected chi connectivity index (χ2v) is 6.58. The molecule has 0 amide bonds. The highest BCUT2D eigenvalue weighted by atomic mass is 15.5. The van der Waals surface area contributed by atoms with Crippen molar-refractivity contribution in [2.75, 3.05) is 0 Å². The van der Waals surface area contributed by atoms with Gasteiger partial charge in [-0.15, -0.1) is 10.2 Å². The van der Waals surface area contributed by atoms with E-state index < -0.39 is 0 Å². The highest BCUT2D eigenvalue weighted by molar-refractivity contribution is 5.42. The fraction of sp³-hybridized carbons (Fsp3) is 0.0909. The number of nitriles is 1. The number of aromatic amines is 1. The van der Waals surface area contributed by atoms with Crippen LogP contribution in [0.3, 0.4) is 0 Å². The second-order valence-electron chi connectivity index (χ2n) is 6.58. The summed E-state index contributed by atoms with van der Waals surface area (Å²) in [4.78, 5) is 8.17. The second kappa shape index (κ2) is 9.76. The van der Waals surface area contributed by atoms with Crippen LogP contribution in [0.1, 0.15) is 17.0 Å². The molecule has 2 aromatic carbocycles. The predicted octanol–water partition coefficient (Wildman–Crippen LogP) is 2.91. The molecule has 0 aliphatic carbocycles. The van der Waals surface area contributed by atoms with Crippen molar-refractivity contribution in [2.24, 2.45) is 0 Å². The van der Waals surface area contributed by atoms with Gasteiger partial charge in [0.1, 0.15) is 6.07 Å². The molecule has 0 fully saturated rings. The number of tetrazole rings is 1. The summed E-state index contributed by atoms with van der Waals surface area (Å²) < 4.78 is 3.82. The molecule has 0 saturated carbocycles. The SMILES string of the molecule is N#Cc1nccn1Cc1ccccc1.c1ccc(Cn2ccnc2-c2nn[nH]n2)cc1. The summed E-state index contributed by atoms with van der Waals surface area (Å²) in [5.41, 5.74) is 2.37. The third kappa shape index (κ3) is 5.07. The summed E-state index contributed by atoms with van der Waals surface area (Å²) in [5.74, 6) is 1.67. The number of benzene rings is 2. The van der Waals surface area contributed by atoms with E-state index in [1.165, 1.54) is 11.1 Å². The first-order valence-electron chi connectivity index (χ1n) is 9.57. The number of nitrogens with one attached hydrogen (secondary N) is 1. The van der Waals surface area contributed by atoms with Gasteiger partial charge in [-0.3, -0.25) is 0 Å². The average molecular weight is 409 g/mol. The van der Waals surface area contributed by atoms with E-state index in [1.54, 1.807) is 12.4 Å². The molecule has 9 nitrogen and oxygen atoms in total. The van der Waals surface area contributed by atoms with Crippen molar-refractivity contribution in [3.05, 3.63) is 102 Å². The van der Waals surface area contributed by atoms with E-state index in [0.29, 0.717) is 24.0 Å². The topological polar surface area (TPSA) is 114 Å². The van der Waals surface area contributed by atoms with Gasteiger partial charge in [0.2, 0.25) is 11.6 Å². The number of H-pyrrole nitrogens is 1. The van der Waals surface area contributed by atoms with Gasteiger partial charge in [0.25, 0.3) is 0 Å². The first kappa shape index (κ1) is 19.7. The molecular weight excluding hydrogens is 390 g/mol. The van der Waals surface area contributed by atoms with Crippen LogP contribution < -0.4 is 0 Å². The predicted molar refractivity (Wildman–Crippen MR) is 113 cm³/mol. The van der Waals surface area contributed by atoms with Gasteiger partial charge in [-0.05, 0) is 16.3 Å². The summed E-state index contributed by atoms with van der Waals surface area (Å²) in [7, 11) is 0. The summed E-state index contributed by atoms with van der Waals surface area (Å²) in [6, 6.07) is 22.2. The molecule has 0 bridgehead atoms. The maximum absolute atomic E-state index is 8.75. The Morgan fingerprint density at radius 3 is 2.03 bits per heavy atom. The molecule has 152 valence electrons. The molecule has 0 aliphatic heterocycles. The minimum Gasteiger partial charge on any atom is -0.324 e. The zero-order valence-electron chi connectivity index (χ0n) is 16.6. The Morgan fingerprint density at radius 2 is 1.42 bits per heavy atom. The molecule has 0 radical (unpaired) electrons. The summed E-state index contributed by atoms with van der Waals surface area (Å²) in [5, 5.41) is 22.6. The number of nitrogens with zero attached hydrogens (tertiary/aromatic N) is 8. The van der Waals surface area contributed by atoms with Crippen LogP contribution in [-0.2, 0) is 13.1 Å². The lowest BCUT2D eigenvalue weighted by atomic mass is 10.2. The monoisotopic (exact) mass is 409 g/mol. The van der Waals surface area contributed by atoms with Gasteiger partial charge in [-0.2, -0.15) is 10.5 Å². The van der Waals surface area contributed by atoms with Crippen molar-refractivity contribution >= 4 is 0 Å². The van der Waals surface area contributed by atoms with Gasteiger partial charge < -0.3 is 9.13 Å². The lowest BCUT2D eigenvalue weighted by Gasteiger charge is -2.04. The van der Waals surface area contributed by atoms with Gasteiger partial charge in [0.15, 0.2) is 5.82 Å². The van der Waals surface area contributed by atoms with Crippen LogP contribution in [0.15, 0.2) is 85.5 Å². The average Bonchev–Trinajstić information content (AvgIpc) is 3.58. The van der Waals surface area contributed by atoms with Gasteiger partial charge in [0, 0.05) is 37.9 Å². The van der Waals surface area contributed by atoms with Crippen molar-refractivity contribution in [2.45, 2.75) is 13.1 Å². The molecule has 3 aromatic heterocycles. The van der Waals surface area contributed by atoms with Gasteiger partial charge in [0.05, 0.1) is 0 Å². The molecule has 0 saturated heterocycles. The Balaban J connectivity index is 0.000000152. The first-order chi connectivity index (χ1) is 15.3. The molecule has 9 heteroatoms. The third-order valence-electron chi connectivity index (χ3n) is 4.47. The highest BCUT2D eigenvalue weighted by Gasteiger charge is 2.10. The smallest absolute Gasteiger partial charge is 0.240 e. The van der Waals surface area contributed by atoms with Crippen molar-refractivity contribution in [1.29, 1.82) is 5.26 Å². The van der Waals surface area contributed by atoms with Crippen LogP contribution in [0, 0.1) is 11.3 Å². The van der Waals surface area contributed by atoms with Gasteiger partial charge >= 0.3 is 0 Å². The minimum absolute atomic E-state index is 0.453. The largest absolute Gasteiger partial charge is 0.324 e. The van der Waals surface area contributed by atoms with Crippen molar-refractivity contribution in [3.8, 4) is 17.7 Å². The maximum Gasteiger partial charge on any atom is 0.240 e. The molecule has 5 rings (SSSR count). The first-order valence-corrected chi connectivity index (χ1v) is 9.57. The molecule has 0 aliphatic rings. The van der Waals surface area contributed by atoms with E-state index in [1.807, 2.05) is 76.1 Å².